The zero-order valence-electron chi connectivity index (χ0n) is 16.5. The Morgan fingerprint density at radius 2 is 1.69 bits per heavy atom. The van der Waals surface area contributed by atoms with Gasteiger partial charge >= 0.3 is 0 Å². The second kappa shape index (κ2) is 8.92. The van der Waals surface area contributed by atoms with Crippen LogP contribution in [0.5, 0.6) is 5.75 Å². The summed E-state index contributed by atoms with van der Waals surface area (Å²) >= 11 is 0. The monoisotopic (exact) mass is 420 g/mol. The number of sulfonamides is 1. The molecule has 0 atom stereocenters. The van der Waals surface area contributed by atoms with Crippen molar-refractivity contribution in [3.63, 3.8) is 0 Å². The van der Waals surface area contributed by atoms with E-state index < -0.39 is 10.0 Å². The molecular weight excluding hydrogens is 395 g/mol. The lowest BCUT2D eigenvalue weighted by Gasteiger charge is -2.32. The number of rotatable bonds is 6. The van der Waals surface area contributed by atoms with Crippen LogP contribution in [0.2, 0.25) is 0 Å². The number of amides is 1. The average Bonchev–Trinajstić information content (AvgIpc) is 2.74. The van der Waals surface area contributed by atoms with E-state index in [0.29, 0.717) is 30.9 Å². The molecule has 0 unspecified atom stereocenters. The number of hydrogen-bond acceptors (Lipinski definition) is 4. The molecule has 156 valence electrons. The van der Waals surface area contributed by atoms with Crippen molar-refractivity contribution in [1.29, 1.82) is 0 Å². The fourth-order valence-corrected chi connectivity index (χ4v) is 4.90. The van der Waals surface area contributed by atoms with Gasteiger partial charge in [-0.25, -0.2) is 12.8 Å². The van der Waals surface area contributed by atoms with Gasteiger partial charge in [0.1, 0.15) is 11.6 Å². The van der Waals surface area contributed by atoms with Gasteiger partial charge in [0, 0.05) is 31.7 Å². The number of halogens is 1. The Bertz CT molecular complexity index is 938. The summed E-state index contributed by atoms with van der Waals surface area (Å²) < 4.78 is 45.6. The van der Waals surface area contributed by atoms with Gasteiger partial charge in [-0.1, -0.05) is 0 Å². The van der Waals surface area contributed by atoms with Crippen molar-refractivity contribution in [2.24, 2.45) is 5.92 Å². The summed E-state index contributed by atoms with van der Waals surface area (Å²) in [5, 5.41) is 0. The smallest absolute Gasteiger partial charge is 0.243 e. The van der Waals surface area contributed by atoms with E-state index in [-0.39, 0.29) is 35.6 Å². The maximum Gasteiger partial charge on any atom is 0.243 e. The summed E-state index contributed by atoms with van der Waals surface area (Å²) in [6.45, 7) is 2.94. The second-order valence-corrected chi connectivity index (χ2v) is 8.89. The number of ether oxygens (including phenoxy) is 1. The molecule has 0 radical (unpaired) electrons. The molecule has 1 aliphatic heterocycles. The van der Waals surface area contributed by atoms with E-state index in [1.54, 1.807) is 43.4 Å². The van der Waals surface area contributed by atoms with Crippen LogP contribution < -0.4 is 9.64 Å². The van der Waals surface area contributed by atoms with Crippen molar-refractivity contribution in [1.82, 2.24) is 4.31 Å². The van der Waals surface area contributed by atoms with E-state index >= 15 is 0 Å². The molecule has 0 spiro atoms. The minimum absolute atomic E-state index is 0.0882. The quantitative estimate of drug-likeness (QED) is 0.719. The molecular formula is C21H25FN2O4S. The van der Waals surface area contributed by atoms with Gasteiger partial charge in [0.2, 0.25) is 15.9 Å². The standard InChI is InChI=1S/C21H25FN2O4S/c1-3-28-19-8-10-20(11-9-19)29(26,27)24-14-12-16(13-15-24)21(25)23(2)18-6-4-17(22)5-7-18/h4-11,16H,3,12-15H2,1-2H3. The van der Waals surface area contributed by atoms with Crippen LogP contribution in [-0.4, -0.2) is 45.4 Å². The van der Waals surface area contributed by atoms with Crippen LogP contribution in [0, 0.1) is 11.7 Å². The Hall–Kier alpha value is -2.45. The Morgan fingerprint density at radius 1 is 1.10 bits per heavy atom. The van der Waals surface area contributed by atoms with Gasteiger partial charge in [-0.2, -0.15) is 4.31 Å². The molecule has 1 heterocycles. The van der Waals surface area contributed by atoms with Crippen LogP contribution in [0.15, 0.2) is 53.4 Å². The molecule has 8 heteroatoms. The number of anilines is 1. The maximum atomic E-state index is 13.1. The third-order valence-electron chi connectivity index (χ3n) is 5.12. The first-order valence-corrected chi connectivity index (χ1v) is 11.0. The number of carbonyl (C=O) groups excluding carboxylic acids is 1. The van der Waals surface area contributed by atoms with Gasteiger partial charge < -0.3 is 9.64 Å². The average molecular weight is 421 g/mol. The van der Waals surface area contributed by atoms with Gasteiger partial charge in [-0.15, -0.1) is 0 Å². The van der Waals surface area contributed by atoms with Crippen LogP contribution in [0.25, 0.3) is 0 Å². The zero-order valence-corrected chi connectivity index (χ0v) is 17.4. The third-order valence-corrected chi connectivity index (χ3v) is 7.03. The van der Waals surface area contributed by atoms with Crippen LogP contribution in [-0.2, 0) is 14.8 Å². The molecule has 29 heavy (non-hydrogen) atoms. The van der Waals surface area contributed by atoms with E-state index in [0.717, 1.165) is 0 Å². The highest BCUT2D eigenvalue weighted by Gasteiger charge is 2.33. The molecule has 0 saturated carbocycles. The Kier molecular flexibility index (Phi) is 6.54. The lowest BCUT2D eigenvalue weighted by Crippen LogP contribution is -2.43. The molecule has 1 amide bonds. The topological polar surface area (TPSA) is 66.9 Å². The van der Waals surface area contributed by atoms with Gasteiger partial charge in [-0.3, -0.25) is 4.79 Å². The molecule has 1 fully saturated rings. The number of carbonyl (C=O) groups is 1. The fraction of sp³-hybridized carbons (Fsp3) is 0.381. The SMILES string of the molecule is CCOc1ccc(S(=O)(=O)N2CCC(C(=O)N(C)c3ccc(F)cc3)CC2)cc1. The normalized spacial score (nSPS) is 15.8. The van der Waals surface area contributed by atoms with E-state index in [1.807, 2.05) is 6.92 Å². The van der Waals surface area contributed by atoms with Crippen molar-refractivity contribution >= 4 is 21.6 Å². The molecule has 0 N–H and O–H groups in total. The summed E-state index contributed by atoms with van der Waals surface area (Å²) in [6.07, 6.45) is 0.890. The van der Waals surface area contributed by atoms with Crippen molar-refractivity contribution in [2.45, 2.75) is 24.7 Å². The van der Waals surface area contributed by atoms with E-state index in [1.165, 1.54) is 21.3 Å². The lowest BCUT2D eigenvalue weighted by atomic mass is 9.96. The minimum Gasteiger partial charge on any atom is -0.494 e. The maximum absolute atomic E-state index is 13.1. The summed E-state index contributed by atoms with van der Waals surface area (Å²) in [5.41, 5.74) is 0.612. The van der Waals surface area contributed by atoms with Crippen LogP contribution in [0.4, 0.5) is 10.1 Å². The molecule has 0 bridgehead atoms. The Morgan fingerprint density at radius 3 is 2.24 bits per heavy atom. The van der Waals surface area contributed by atoms with Gasteiger partial charge in [0.05, 0.1) is 11.5 Å². The predicted molar refractivity (Wildman–Crippen MR) is 109 cm³/mol. The summed E-state index contributed by atoms with van der Waals surface area (Å²) in [5.74, 6) is -0.0893. The Labute approximate surface area is 170 Å². The number of hydrogen-bond donors (Lipinski definition) is 0. The molecule has 2 aromatic rings. The summed E-state index contributed by atoms with van der Waals surface area (Å²) in [7, 11) is -1.96. The first kappa shape index (κ1) is 21.3. The molecule has 6 nitrogen and oxygen atoms in total. The van der Waals surface area contributed by atoms with Crippen LogP contribution >= 0.6 is 0 Å². The van der Waals surface area contributed by atoms with E-state index in [4.69, 9.17) is 4.74 Å². The highest BCUT2D eigenvalue weighted by Crippen LogP contribution is 2.27. The number of nitrogens with zero attached hydrogens (tertiary/aromatic N) is 2. The van der Waals surface area contributed by atoms with Crippen LogP contribution in [0.1, 0.15) is 19.8 Å². The Balaban J connectivity index is 1.63. The van der Waals surface area contributed by atoms with Crippen molar-refractivity contribution < 1.29 is 22.3 Å². The fourth-order valence-electron chi connectivity index (χ4n) is 3.43. The van der Waals surface area contributed by atoms with Crippen LogP contribution in [0.3, 0.4) is 0 Å². The molecule has 1 aliphatic rings. The molecule has 1 saturated heterocycles. The summed E-state index contributed by atoms with van der Waals surface area (Å²) in [6, 6.07) is 12.1. The second-order valence-electron chi connectivity index (χ2n) is 6.96. The molecule has 0 aliphatic carbocycles. The van der Waals surface area contributed by atoms with Crippen molar-refractivity contribution in [3.8, 4) is 5.75 Å². The predicted octanol–water partition coefficient (Wildman–Crippen LogP) is 3.29. The highest BCUT2D eigenvalue weighted by molar-refractivity contribution is 7.89. The third kappa shape index (κ3) is 4.76. The van der Waals surface area contributed by atoms with Crippen molar-refractivity contribution in [3.05, 3.63) is 54.3 Å². The van der Waals surface area contributed by atoms with Crippen molar-refractivity contribution in [2.75, 3.05) is 31.6 Å². The number of benzene rings is 2. The largest absolute Gasteiger partial charge is 0.494 e. The van der Waals surface area contributed by atoms with Gasteiger partial charge in [0.15, 0.2) is 0 Å². The first-order valence-electron chi connectivity index (χ1n) is 9.59. The zero-order chi connectivity index (χ0) is 21.0. The number of piperidine rings is 1. The molecule has 2 aromatic carbocycles. The molecule has 3 rings (SSSR count). The van der Waals surface area contributed by atoms with Gasteiger partial charge in [0.25, 0.3) is 0 Å². The first-order chi connectivity index (χ1) is 13.8. The minimum atomic E-state index is -3.61. The van der Waals surface area contributed by atoms with E-state index in [2.05, 4.69) is 0 Å². The van der Waals surface area contributed by atoms with Gasteiger partial charge in [-0.05, 0) is 68.3 Å². The summed E-state index contributed by atoms with van der Waals surface area (Å²) in [4.78, 5) is 14.5. The highest BCUT2D eigenvalue weighted by atomic mass is 32.2. The van der Waals surface area contributed by atoms with E-state index in [9.17, 15) is 17.6 Å². The molecule has 0 aromatic heterocycles. The lowest BCUT2D eigenvalue weighted by molar-refractivity contribution is -0.123.